The largest absolute Gasteiger partial charge is 0.465 e. The van der Waals surface area contributed by atoms with Gasteiger partial charge >= 0.3 is 12.0 Å². The zero-order chi connectivity index (χ0) is 18.6. The van der Waals surface area contributed by atoms with E-state index < -0.39 is 22.0 Å². The van der Waals surface area contributed by atoms with Crippen molar-refractivity contribution in [3.05, 3.63) is 29.8 Å². The van der Waals surface area contributed by atoms with Gasteiger partial charge in [-0.05, 0) is 18.4 Å². The molecule has 134 valence electrons. The number of urea groups is 1. The van der Waals surface area contributed by atoms with E-state index in [9.17, 15) is 18.0 Å². The maximum atomic E-state index is 12.4. The molecule has 2 N–H and O–H groups in total. The Morgan fingerprint density at radius 1 is 1.28 bits per heavy atom. The first-order valence-electron chi connectivity index (χ1n) is 6.74. The summed E-state index contributed by atoms with van der Waals surface area (Å²) < 4.78 is 32.5. The van der Waals surface area contributed by atoms with Gasteiger partial charge < -0.3 is 4.74 Å². The van der Waals surface area contributed by atoms with E-state index in [1.807, 2.05) is 0 Å². The molecule has 0 unspecified atom stereocenters. The predicted molar refractivity (Wildman–Crippen MR) is 89.9 cm³/mol. The summed E-state index contributed by atoms with van der Waals surface area (Å²) in [5.74, 6) is -0.891. The molecule has 0 bridgehead atoms. The van der Waals surface area contributed by atoms with Gasteiger partial charge in [-0.1, -0.05) is 23.9 Å². The molecular formula is C13H15N5O5S2. The lowest BCUT2D eigenvalue weighted by molar-refractivity contribution is 0.0596. The number of methoxy groups -OCH3 is 1. The molecule has 2 amide bonds. The van der Waals surface area contributed by atoms with E-state index in [1.54, 1.807) is 18.0 Å². The fourth-order valence-corrected chi connectivity index (χ4v) is 3.47. The number of nitrogens with one attached hydrogen (secondary N) is 2. The number of anilines is 1. The van der Waals surface area contributed by atoms with Gasteiger partial charge in [0.2, 0.25) is 0 Å². The van der Waals surface area contributed by atoms with Gasteiger partial charge in [0.15, 0.2) is 5.16 Å². The number of aromatic nitrogens is 3. The molecule has 25 heavy (non-hydrogen) atoms. The van der Waals surface area contributed by atoms with Crippen LogP contribution in [-0.4, -0.2) is 48.5 Å². The second-order valence-electron chi connectivity index (χ2n) is 4.59. The van der Waals surface area contributed by atoms with E-state index in [4.69, 9.17) is 0 Å². The Balaban J connectivity index is 2.21. The quantitative estimate of drug-likeness (QED) is 0.571. The Kier molecular flexibility index (Phi) is 5.64. The lowest BCUT2D eigenvalue weighted by atomic mass is 10.2. The monoisotopic (exact) mass is 385 g/mol. The van der Waals surface area contributed by atoms with Crippen LogP contribution in [0.15, 0.2) is 34.3 Å². The molecule has 10 nitrogen and oxygen atoms in total. The Morgan fingerprint density at radius 3 is 2.56 bits per heavy atom. The van der Waals surface area contributed by atoms with Crippen molar-refractivity contribution in [1.82, 2.24) is 19.5 Å². The summed E-state index contributed by atoms with van der Waals surface area (Å²) in [5.41, 5.74) is -0.189. The molecule has 0 aliphatic heterocycles. The van der Waals surface area contributed by atoms with Crippen molar-refractivity contribution >= 4 is 39.7 Å². The highest BCUT2D eigenvalue weighted by atomic mass is 32.2. The van der Waals surface area contributed by atoms with E-state index >= 15 is 0 Å². The maximum Gasteiger partial charge on any atom is 0.339 e. The molecule has 0 aliphatic carbocycles. The fourth-order valence-electron chi connectivity index (χ4n) is 1.88. The highest BCUT2D eigenvalue weighted by Crippen LogP contribution is 2.17. The number of thioether (sulfide) groups is 1. The number of carbonyl (C=O) groups is 2. The highest BCUT2D eigenvalue weighted by Gasteiger charge is 2.25. The van der Waals surface area contributed by atoms with Crippen molar-refractivity contribution in [2.24, 2.45) is 7.05 Å². The number of benzene rings is 1. The second kappa shape index (κ2) is 7.53. The number of aryl methyl sites for hydroxylation is 1. The van der Waals surface area contributed by atoms with E-state index in [-0.39, 0.29) is 16.4 Å². The molecule has 2 aromatic rings. The van der Waals surface area contributed by atoms with Gasteiger partial charge in [-0.15, -0.1) is 5.10 Å². The van der Waals surface area contributed by atoms with E-state index in [1.165, 1.54) is 40.7 Å². The Bertz CT molecular complexity index is 909. The lowest BCUT2D eigenvalue weighted by Gasteiger charge is -2.10. The van der Waals surface area contributed by atoms with Crippen LogP contribution in [0.4, 0.5) is 10.7 Å². The van der Waals surface area contributed by atoms with Crippen molar-refractivity contribution in [2.45, 2.75) is 10.1 Å². The summed E-state index contributed by atoms with van der Waals surface area (Å²) in [4.78, 5) is 27.3. The van der Waals surface area contributed by atoms with Gasteiger partial charge in [-0.3, -0.25) is 5.32 Å². The van der Waals surface area contributed by atoms with Gasteiger partial charge in [-0.25, -0.2) is 27.4 Å². The molecule has 0 spiro atoms. The average molecular weight is 385 g/mol. The zero-order valence-electron chi connectivity index (χ0n) is 13.5. The van der Waals surface area contributed by atoms with Crippen LogP contribution in [0.25, 0.3) is 0 Å². The molecule has 0 saturated carbocycles. The first-order chi connectivity index (χ1) is 11.8. The molecule has 1 heterocycles. The molecule has 12 heteroatoms. The van der Waals surface area contributed by atoms with Crippen LogP contribution < -0.4 is 10.0 Å². The molecule has 0 atom stereocenters. The summed E-state index contributed by atoms with van der Waals surface area (Å²) in [5, 5.41) is 6.69. The Morgan fingerprint density at radius 2 is 1.96 bits per heavy atom. The number of hydrogen-bond acceptors (Lipinski definition) is 8. The standard InChI is InChI=1S/C13H15N5O5S2/c1-18-13(24-3)15-11(16-18)14-12(20)17-25(21,22)9-7-5-4-6-8(9)10(19)23-2/h4-7H,1-3H3,(H2,14,16,17,20). The van der Waals surface area contributed by atoms with Crippen LogP contribution >= 0.6 is 11.8 Å². The number of hydrogen-bond donors (Lipinski definition) is 2. The maximum absolute atomic E-state index is 12.4. The van der Waals surface area contributed by atoms with Crippen molar-refractivity contribution in [1.29, 1.82) is 0 Å². The number of nitrogens with zero attached hydrogens (tertiary/aromatic N) is 3. The smallest absolute Gasteiger partial charge is 0.339 e. The first kappa shape index (κ1) is 18.7. The Labute approximate surface area is 148 Å². The third-order valence-corrected chi connectivity index (χ3v) is 5.05. The summed E-state index contributed by atoms with van der Waals surface area (Å²) in [6.07, 6.45) is 1.78. The van der Waals surface area contributed by atoms with Crippen LogP contribution in [0, 0.1) is 0 Å². The van der Waals surface area contributed by atoms with Crippen LogP contribution in [-0.2, 0) is 21.8 Å². The number of rotatable bonds is 5. The number of sulfonamides is 1. The Hall–Kier alpha value is -2.60. The van der Waals surface area contributed by atoms with Gasteiger partial charge in [-0.2, -0.15) is 4.98 Å². The van der Waals surface area contributed by atoms with Gasteiger partial charge in [0, 0.05) is 7.05 Å². The third kappa shape index (κ3) is 4.28. The van der Waals surface area contributed by atoms with Gasteiger partial charge in [0.25, 0.3) is 16.0 Å². The molecule has 0 saturated heterocycles. The zero-order valence-corrected chi connectivity index (χ0v) is 15.1. The normalized spacial score (nSPS) is 11.0. The average Bonchev–Trinajstić information content (AvgIpc) is 2.92. The highest BCUT2D eigenvalue weighted by molar-refractivity contribution is 7.98. The summed E-state index contributed by atoms with van der Waals surface area (Å²) in [6, 6.07) is 4.31. The summed E-state index contributed by atoms with van der Waals surface area (Å²) >= 11 is 1.31. The minimum Gasteiger partial charge on any atom is -0.465 e. The molecule has 2 rings (SSSR count). The molecule has 0 fully saturated rings. The lowest BCUT2D eigenvalue weighted by Crippen LogP contribution is -2.35. The molecule has 0 aliphatic rings. The molecule has 0 radical (unpaired) electrons. The predicted octanol–water partition coefficient (Wildman–Crippen LogP) is 0.834. The number of amides is 2. The van der Waals surface area contributed by atoms with Gasteiger partial charge in [0.1, 0.15) is 4.90 Å². The van der Waals surface area contributed by atoms with Crippen molar-refractivity contribution in [2.75, 3.05) is 18.7 Å². The third-order valence-electron chi connectivity index (χ3n) is 2.94. The summed E-state index contributed by atoms with van der Waals surface area (Å²) in [7, 11) is -1.55. The van der Waals surface area contributed by atoms with Gasteiger partial charge in [0.05, 0.1) is 12.7 Å². The van der Waals surface area contributed by atoms with Crippen molar-refractivity contribution < 1.29 is 22.7 Å². The summed E-state index contributed by atoms with van der Waals surface area (Å²) in [6.45, 7) is 0. The van der Waals surface area contributed by atoms with E-state index in [0.29, 0.717) is 5.16 Å². The first-order valence-corrected chi connectivity index (χ1v) is 9.45. The molecule has 1 aromatic carbocycles. The van der Waals surface area contributed by atoms with Crippen molar-refractivity contribution in [3.8, 4) is 0 Å². The molecule has 1 aromatic heterocycles. The van der Waals surface area contributed by atoms with Crippen LogP contribution in [0.1, 0.15) is 10.4 Å². The van der Waals surface area contributed by atoms with E-state index in [2.05, 4.69) is 20.1 Å². The number of ether oxygens (including phenoxy) is 1. The fraction of sp³-hybridized carbons (Fsp3) is 0.231. The van der Waals surface area contributed by atoms with E-state index in [0.717, 1.165) is 7.11 Å². The minimum atomic E-state index is -4.30. The van der Waals surface area contributed by atoms with Crippen LogP contribution in [0.2, 0.25) is 0 Å². The number of esters is 1. The SMILES string of the molecule is COC(=O)c1ccccc1S(=O)(=O)NC(=O)Nc1nc(SC)n(C)n1. The molecular weight excluding hydrogens is 370 g/mol. The topological polar surface area (TPSA) is 132 Å². The van der Waals surface area contributed by atoms with Crippen LogP contribution in [0.3, 0.4) is 0 Å². The number of carbonyl (C=O) groups excluding carboxylic acids is 2. The second-order valence-corrected chi connectivity index (χ2v) is 7.02. The van der Waals surface area contributed by atoms with Crippen molar-refractivity contribution in [3.63, 3.8) is 0 Å². The van der Waals surface area contributed by atoms with Crippen LogP contribution in [0.5, 0.6) is 0 Å². The minimum absolute atomic E-state index is 0.0548.